The van der Waals surface area contributed by atoms with Crippen LogP contribution in [0.3, 0.4) is 0 Å². The van der Waals surface area contributed by atoms with Crippen LogP contribution < -0.4 is 0 Å². The third kappa shape index (κ3) is 3.62. The number of benzene rings is 1. The molecule has 1 aliphatic rings. The summed E-state index contributed by atoms with van der Waals surface area (Å²) in [5, 5.41) is 0. The Morgan fingerprint density at radius 1 is 1.22 bits per heavy atom. The number of aromatic nitrogens is 1. The number of esters is 1. The van der Waals surface area contributed by atoms with Gasteiger partial charge >= 0.3 is 5.97 Å². The third-order valence-electron chi connectivity index (χ3n) is 4.44. The number of carbonyl (C=O) groups is 1. The van der Waals surface area contributed by atoms with Gasteiger partial charge in [0.15, 0.2) is 0 Å². The van der Waals surface area contributed by atoms with E-state index >= 15 is 0 Å². The maximum atomic E-state index is 13.0. The van der Waals surface area contributed by atoms with Gasteiger partial charge in [-0.1, -0.05) is 12.1 Å². The highest BCUT2D eigenvalue weighted by atomic mass is 19.1. The second kappa shape index (κ2) is 6.96. The lowest BCUT2D eigenvalue weighted by Crippen LogP contribution is -2.34. The van der Waals surface area contributed by atoms with Gasteiger partial charge < -0.3 is 9.30 Å². The van der Waals surface area contributed by atoms with E-state index in [0.29, 0.717) is 11.7 Å². The molecule has 2 heterocycles. The molecule has 1 saturated heterocycles. The van der Waals surface area contributed by atoms with Crippen LogP contribution in [0.5, 0.6) is 0 Å². The fraction of sp³-hybridized carbons (Fsp3) is 0.389. The summed E-state index contributed by atoms with van der Waals surface area (Å²) in [7, 11) is 1.41. The van der Waals surface area contributed by atoms with Gasteiger partial charge in [-0.2, -0.15) is 0 Å². The van der Waals surface area contributed by atoms with E-state index < -0.39 is 0 Å². The number of halogens is 1. The summed E-state index contributed by atoms with van der Waals surface area (Å²) in [4.78, 5) is 14.2. The number of ether oxygens (including phenoxy) is 1. The van der Waals surface area contributed by atoms with Crippen LogP contribution >= 0.6 is 0 Å². The van der Waals surface area contributed by atoms with Crippen molar-refractivity contribution >= 4 is 5.97 Å². The van der Waals surface area contributed by atoms with E-state index in [9.17, 15) is 9.18 Å². The van der Waals surface area contributed by atoms with Gasteiger partial charge in [0.05, 0.1) is 7.11 Å². The van der Waals surface area contributed by atoms with Crippen molar-refractivity contribution in [3.8, 4) is 0 Å². The largest absolute Gasteiger partial charge is 0.464 e. The van der Waals surface area contributed by atoms with Crippen molar-refractivity contribution in [2.75, 3.05) is 20.2 Å². The standard InChI is InChI=1S/C18H21FN2O2/c1-23-18(22)17-3-2-10-21(17)16-8-11-20(12-9-16)13-14-4-6-15(19)7-5-14/h2-7,10,16H,8-9,11-13H2,1H3. The molecule has 1 aliphatic heterocycles. The van der Waals surface area contributed by atoms with Gasteiger partial charge in [0, 0.05) is 31.9 Å². The molecule has 0 atom stereocenters. The Morgan fingerprint density at radius 3 is 2.57 bits per heavy atom. The third-order valence-corrected chi connectivity index (χ3v) is 4.44. The molecule has 23 heavy (non-hydrogen) atoms. The molecule has 0 spiro atoms. The van der Waals surface area contributed by atoms with E-state index in [1.54, 1.807) is 6.07 Å². The summed E-state index contributed by atoms with van der Waals surface area (Å²) in [6.07, 6.45) is 3.92. The summed E-state index contributed by atoms with van der Waals surface area (Å²) in [5.41, 5.74) is 1.74. The summed E-state index contributed by atoms with van der Waals surface area (Å²) in [6, 6.07) is 10.7. The van der Waals surface area contributed by atoms with Crippen LogP contribution in [0.25, 0.3) is 0 Å². The van der Waals surface area contributed by atoms with Gasteiger partial charge in [-0.25, -0.2) is 9.18 Å². The van der Waals surface area contributed by atoms with Gasteiger partial charge in [0.1, 0.15) is 11.5 Å². The zero-order chi connectivity index (χ0) is 16.2. The normalized spacial score (nSPS) is 16.4. The van der Waals surface area contributed by atoms with Crippen LogP contribution in [0, 0.1) is 5.82 Å². The number of likely N-dealkylation sites (tertiary alicyclic amines) is 1. The van der Waals surface area contributed by atoms with Crippen molar-refractivity contribution in [1.29, 1.82) is 0 Å². The molecule has 0 unspecified atom stereocenters. The minimum atomic E-state index is -0.288. The van der Waals surface area contributed by atoms with Gasteiger partial charge in [0.2, 0.25) is 0 Å². The van der Waals surface area contributed by atoms with E-state index in [4.69, 9.17) is 4.74 Å². The molecule has 0 amide bonds. The average Bonchev–Trinajstić information content (AvgIpc) is 3.06. The molecule has 0 radical (unpaired) electrons. The van der Waals surface area contributed by atoms with Crippen molar-refractivity contribution in [3.05, 3.63) is 59.7 Å². The molecule has 1 aromatic carbocycles. The lowest BCUT2D eigenvalue weighted by molar-refractivity contribution is 0.0581. The molecule has 3 rings (SSSR count). The zero-order valence-electron chi connectivity index (χ0n) is 13.2. The van der Waals surface area contributed by atoms with Crippen molar-refractivity contribution in [1.82, 2.24) is 9.47 Å². The number of hydrogen-bond donors (Lipinski definition) is 0. The lowest BCUT2D eigenvalue weighted by atomic mass is 10.0. The molecular formula is C18H21FN2O2. The molecule has 1 fully saturated rings. The number of methoxy groups -OCH3 is 1. The Labute approximate surface area is 135 Å². The highest BCUT2D eigenvalue weighted by Gasteiger charge is 2.23. The van der Waals surface area contributed by atoms with Crippen LogP contribution in [0.4, 0.5) is 4.39 Å². The first-order valence-electron chi connectivity index (χ1n) is 7.89. The molecular weight excluding hydrogens is 295 g/mol. The predicted octanol–water partition coefficient (Wildman–Crippen LogP) is 3.25. The highest BCUT2D eigenvalue weighted by molar-refractivity contribution is 5.87. The molecule has 1 aromatic heterocycles. The minimum Gasteiger partial charge on any atom is -0.464 e. The van der Waals surface area contributed by atoms with Crippen LogP contribution in [0.2, 0.25) is 0 Å². The van der Waals surface area contributed by atoms with Crippen molar-refractivity contribution in [3.63, 3.8) is 0 Å². The first-order valence-corrected chi connectivity index (χ1v) is 7.89. The van der Waals surface area contributed by atoms with Crippen LogP contribution in [0.1, 0.15) is 34.9 Å². The Hall–Kier alpha value is -2.14. The summed E-state index contributed by atoms with van der Waals surface area (Å²) < 4.78 is 19.8. The number of nitrogens with zero attached hydrogens (tertiary/aromatic N) is 2. The molecule has 0 aliphatic carbocycles. The molecule has 2 aromatic rings. The molecule has 5 heteroatoms. The van der Waals surface area contributed by atoms with Crippen molar-refractivity contribution < 1.29 is 13.9 Å². The van der Waals surface area contributed by atoms with Gasteiger partial charge in [-0.3, -0.25) is 4.90 Å². The molecule has 0 bridgehead atoms. The number of rotatable bonds is 4. The van der Waals surface area contributed by atoms with Crippen LogP contribution in [-0.4, -0.2) is 35.6 Å². The van der Waals surface area contributed by atoms with Gasteiger partial charge in [0.25, 0.3) is 0 Å². The number of carbonyl (C=O) groups excluding carboxylic acids is 1. The van der Waals surface area contributed by atoms with Gasteiger partial charge in [-0.05, 0) is 42.7 Å². The molecule has 0 N–H and O–H groups in total. The second-order valence-corrected chi connectivity index (χ2v) is 5.93. The maximum absolute atomic E-state index is 13.0. The Kier molecular flexibility index (Phi) is 4.76. The smallest absolute Gasteiger partial charge is 0.354 e. The second-order valence-electron chi connectivity index (χ2n) is 5.93. The Bertz CT molecular complexity index is 658. The van der Waals surface area contributed by atoms with Crippen molar-refractivity contribution in [2.45, 2.75) is 25.4 Å². The quantitative estimate of drug-likeness (QED) is 0.812. The highest BCUT2D eigenvalue weighted by Crippen LogP contribution is 2.25. The Balaban J connectivity index is 1.59. The first-order chi connectivity index (χ1) is 11.2. The van der Waals surface area contributed by atoms with E-state index in [1.807, 2.05) is 29.0 Å². The van der Waals surface area contributed by atoms with E-state index in [-0.39, 0.29) is 11.8 Å². The summed E-state index contributed by atoms with van der Waals surface area (Å²) in [5.74, 6) is -0.487. The Morgan fingerprint density at radius 2 is 1.91 bits per heavy atom. The fourth-order valence-corrected chi connectivity index (χ4v) is 3.19. The first kappa shape index (κ1) is 15.7. The SMILES string of the molecule is COC(=O)c1cccn1C1CCN(Cc2ccc(F)cc2)CC1. The van der Waals surface area contributed by atoms with E-state index in [2.05, 4.69) is 4.90 Å². The van der Waals surface area contributed by atoms with Crippen LogP contribution in [-0.2, 0) is 11.3 Å². The summed E-state index contributed by atoms with van der Waals surface area (Å²) >= 11 is 0. The predicted molar refractivity (Wildman–Crippen MR) is 85.7 cm³/mol. The maximum Gasteiger partial charge on any atom is 0.354 e. The zero-order valence-corrected chi connectivity index (χ0v) is 13.2. The topological polar surface area (TPSA) is 34.5 Å². The number of hydrogen-bond acceptors (Lipinski definition) is 3. The number of piperidine rings is 1. The van der Waals surface area contributed by atoms with E-state index in [0.717, 1.165) is 38.0 Å². The monoisotopic (exact) mass is 316 g/mol. The molecule has 122 valence electrons. The van der Waals surface area contributed by atoms with E-state index in [1.165, 1.54) is 19.2 Å². The lowest BCUT2D eigenvalue weighted by Gasteiger charge is -2.33. The van der Waals surface area contributed by atoms with Crippen LogP contribution in [0.15, 0.2) is 42.6 Å². The summed E-state index contributed by atoms with van der Waals surface area (Å²) in [6.45, 7) is 2.75. The molecule has 4 nitrogen and oxygen atoms in total. The average molecular weight is 316 g/mol. The fourth-order valence-electron chi connectivity index (χ4n) is 3.19. The minimum absolute atomic E-state index is 0.199. The van der Waals surface area contributed by atoms with Crippen molar-refractivity contribution in [2.24, 2.45) is 0 Å². The molecule has 0 saturated carbocycles. The van der Waals surface area contributed by atoms with Gasteiger partial charge in [-0.15, -0.1) is 0 Å².